The minimum Gasteiger partial charge on any atom is -0.389 e. The Balaban J connectivity index is 2.18. The van der Waals surface area contributed by atoms with Crippen molar-refractivity contribution in [3.63, 3.8) is 0 Å². The van der Waals surface area contributed by atoms with Gasteiger partial charge in [0.05, 0.1) is 5.60 Å². The molecule has 0 spiro atoms. The van der Waals surface area contributed by atoms with Gasteiger partial charge in [-0.25, -0.2) is 0 Å². The van der Waals surface area contributed by atoms with Crippen LogP contribution in [-0.4, -0.2) is 10.7 Å². The van der Waals surface area contributed by atoms with E-state index in [1.807, 2.05) is 0 Å². The van der Waals surface area contributed by atoms with E-state index in [9.17, 15) is 5.11 Å². The first-order valence-corrected chi connectivity index (χ1v) is 5.29. The zero-order valence-corrected chi connectivity index (χ0v) is 8.27. The van der Waals surface area contributed by atoms with Crippen LogP contribution in [0.4, 0.5) is 0 Å². The predicted octanol–water partition coefficient (Wildman–Crippen LogP) is 2.73. The number of hydrogen-bond donors (Lipinski definition) is 1. The van der Waals surface area contributed by atoms with Crippen LogP contribution in [-0.2, 0) is 0 Å². The van der Waals surface area contributed by atoms with Gasteiger partial charge in [-0.05, 0) is 37.0 Å². The third-order valence-corrected chi connectivity index (χ3v) is 4.03. The quantitative estimate of drug-likeness (QED) is 0.638. The van der Waals surface area contributed by atoms with E-state index in [4.69, 9.17) is 0 Å². The number of rotatable bonds is 1. The van der Waals surface area contributed by atoms with E-state index in [0.717, 1.165) is 6.42 Å². The molecule has 2 aliphatic rings. The number of hydrogen-bond acceptors (Lipinski definition) is 1. The van der Waals surface area contributed by atoms with E-state index in [1.165, 1.54) is 32.1 Å². The van der Waals surface area contributed by atoms with Crippen LogP contribution in [0.15, 0.2) is 0 Å². The summed E-state index contributed by atoms with van der Waals surface area (Å²) >= 11 is 0. The summed E-state index contributed by atoms with van der Waals surface area (Å²) in [5, 5.41) is 10.5. The first kappa shape index (κ1) is 8.55. The van der Waals surface area contributed by atoms with Crippen LogP contribution < -0.4 is 0 Å². The summed E-state index contributed by atoms with van der Waals surface area (Å²) in [6, 6.07) is 0. The minimum absolute atomic E-state index is 0.173. The van der Waals surface area contributed by atoms with E-state index in [0.29, 0.717) is 5.92 Å². The molecule has 0 amide bonds. The van der Waals surface area contributed by atoms with Gasteiger partial charge in [0.1, 0.15) is 0 Å². The Morgan fingerprint density at radius 2 is 1.67 bits per heavy atom. The molecule has 12 heavy (non-hydrogen) atoms. The molecule has 0 heterocycles. The molecular formula is C11H20O. The fraction of sp³-hybridized carbons (Fsp3) is 1.00. The molecule has 2 rings (SSSR count). The molecule has 0 aromatic heterocycles. The maximum Gasteiger partial charge on any atom is 0.0726 e. The van der Waals surface area contributed by atoms with Gasteiger partial charge in [-0.2, -0.15) is 0 Å². The maximum absolute atomic E-state index is 10.5. The first-order valence-electron chi connectivity index (χ1n) is 5.29. The largest absolute Gasteiger partial charge is 0.389 e. The highest BCUT2D eigenvalue weighted by Crippen LogP contribution is 2.55. The summed E-state index contributed by atoms with van der Waals surface area (Å²) in [7, 11) is 0. The lowest BCUT2D eigenvalue weighted by Crippen LogP contribution is -2.48. The van der Waals surface area contributed by atoms with Crippen LogP contribution in [0.2, 0.25) is 0 Å². The van der Waals surface area contributed by atoms with Crippen molar-refractivity contribution >= 4 is 0 Å². The average Bonchev–Trinajstić information content (AvgIpc) is 2.77. The highest BCUT2D eigenvalue weighted by molar-refractivity contribution is 5.05. The van der Waals surface area contributed by atoms with Gasteiger partial charge in [-0.1, -0.05) is 26.7 Å². The lowest BCUT2D eigenvalue weighted by Gasteiger charge is -2.47. The Kier molecular flexibility index (Phi) is 1.76. The molecule has 1 N–H and O–H groups in total. The fourth-order valence-electron chi connectivity index (χ4n) is 2.83. The molecular weight excluding hydrogens is 148 g/mol. The summed E-state index contributed by atoms with van der Waals surface area (Å²) in [5.74, 6) is 0.632. The van der Waals surface area contributed by atoms with Crippen LogP contribution in [0.5, 0.6) is 0 Å². The van der Waals surface area contributed by atoms with Crippen LogP contribution in [0.1, 0.15) is 52.4 Å². The van der Waals surface area contributed by atoms with Gasteiger partial charge in [0.15, 0.2) is 0 Å². The smallest absolute Gasteiger partial charge is 0.0726 e. The Labute approximate surface area is 75.2 Å². The molecule has 0 aromatic rings. The van der Waals surface area contributed by atoms with E-state index < -0.39 is 0 Å². The summed E-state index contributed by atoms with van der Waals surface area (Å²) in [6.45, 7) is 4.48. The maximum atomic E-state index is 10.5. The van der Waals surface area contributed by atoms with Crippen LogP contribution in [0.25, 0.3) is 0 Å². The summed E-state index contributed by atoms with van der Waals surface area (Å²) in [4.78, 5) is 0. The van der Waals surface area contributed by atoms with Crippen LogP contribution in [0, 0.1) is 11.3 Å². The lowest BCUT2D eigenvalue weighted by molar-refractivity contribution is -0.113. The highest BCUT2D eigenvalue weighted by atomic mass is 16.3. The molecule has 0 saturated heterocycles. The van der Waals surface area contributed by atoms with E-state index >= 15 is 0 Å². The molecule has 0 radical (unpaired) electrons. The summed E-state index contributed by atoms with van der Waals surface area (Å²) in [5.41, 5.74) is -0.141. The van der Waals surface area contributed by atoms with Crippen molar-refractivity contribution in [1.29, 1.82) is 0 Å². The van der Waals surface area contributed by atoms with Gasteiger partial charge in [0.25, 0.3) is 0 Å². The van der Waals surface area contributed by atoms with Gasteiger partial charge in [-0.3, -0.25) is 0 Å². The monoisotopic (exact) mass is 168 g/mol. The van der Waals surface area contributed by atoms with Gasteiger partial charge < -0.3 is 5.11 Å². The van der Waals surface area contributed by atoms with Crippen molar-refractivity contribution in [2.24, 2.45) is 11.3 Å². The molecule has 70 valence electrons. The lowest BCUT2D eigenvalue weighted by atomic mass is 9.63. The zero-order valence-electron chi connectivity index (χ0n) is 8.27. The Morgan fingerprint density at radius 1 is 1.08 bits per heavy atom. The minimum atomic E-state index is -0.314. The second kappa shape index (κ2) is 2.47. The van der Waals surface area contributed by atoms with Crippen molar-refractivity contribution in [2.45, 2.75) is 58.0 Å². The van der Waals surface area contributed by atoms with Gasteiger partial charge in [0.2, 0.25) is 0 Å². The van der Waals surface area contributed by atoms with Crippen LogP contribution >= 0.6 is 0 Å². The first-order chi connectivity index (χ1) is 5.56. The van der Waals surface area contributed by atoms with Crippen molar-refractivity contribution in [3.8, 4) is 0 Å². The second-order valence-corrected chi connectivity index (χ2v) is 5.29. The summed E-state index contributed by atoms with van der Waals surface area (Å²) in [6.07, 6.45) is 7.32. The third kappa shape index (κ3) is 1.10. The van der Waals surface area contributed by atoms with Crippen LogP contribution in [0.3, 0.4) is 0 Å². The van der Waals surface area contributed by atoms with Gasteiger partial charge in [0, 0.05) is 0 Å². The molecule has 2 aliphatic carbocycles. The SMILES string of the molecule is CC1(C)CCCCC1(O)C1CC1. The van der Waals surface area contributed by atoms with Crippen molar-refractivity contribution in [2.75, 3.05) is 0 Å². The average molecular weight is 168 g/mol. The van der Waals surface area contributed by atoms with E-state index in [2.05, 4.69) is 13.8 Å². The normalized spacial score (nSPS) is 41.2. The topological polar surface area (TPSA) is 20.2 Å². The van der Waals surface area contributed by atoms with Crippen molar-refractivity contribution in [3.05, 3.63) is 0 Å². The highest BCUT2D eigenvalue weighted by Gasteiger charge is 2.53. The van der Waals surface area contributed by atoms with E-state index in [1.54, 1.807) is 0 Å². The van der Waals surface area contributed by atoms with Gasteiger partial charge in [-0.15, -0.1) is 0 Å². The second-order valence-electron chi connectivity index (χ2n) is 5.29. The molecule has 1 unspecified atom stereocenters. The predicted molar refractivity (Wildman–Crippen MR) is 49.9 cm³/mol. The Morgan fingerprint density at radius 3 is 2.17 bits per heavy atom. The van der Waals surface area contributed by atoms with Crippen molar-refractivity contribution < 1.29 is 5.11 Å². The molecule has 2 saturated carbocycles. The third-order valence-electron chi connectivity index (χ3n) is 4.03. The number of aliphatic hydroxyl groups is 1. The molecule has 0 aliphatic heterocycles. The Bertz CT molecular complexity index is 181. The van der Waals surface area contributed by atoms with Gasteiger partial charge >= 0.3 is 0 Å². The van der Waals surface area contributed by atoms with E-state index in [-0.39, 0.29) is 11.0 Å². The molecule has 2 fully saturated rings. The molecule has 0 aromatic carbocycles. The standard InChI is InChI=1S/C11H20O/c1-10(2)7-3-4-8-11(10,12)9-5-6-9/h9,12H,3-8H2,1-2H3. The molecule has 0 bridgehead atoms. The van der Waals surface area contributed by atoms with Crippen molar-refractivity contribution in [1.82, 2.24) is 0 Å². The summed E-state index contributed by atoms with van der Waals surface area (Å²) < 4.78 is 0. The Hall–Kier alpha value is -0.0400. The fourth-order valence-corrected chi connectivity index (χ4v) is 2.83. The zero-order chi connectivity index (χ0) is 8.82. The molecule has 1 heteroatoms. The molecule has 1 atom stereocenters. The molecule has 1 nitrogen and oxygen atoms in total.